The molecule has 0 aliphatic carbocycles. The van der Waals surface area contributed by atoms with Crippen molar-refractivity contribution < 1.29 is 14.7 Å². The Hall–Kier alpha value is -1.43. The molecule has 1 heterocycles. The van der Waals surface area contributed by atoms with E-state index in [4.69, 9.17) is 5.11 Å². The molecule has 94 valence electrons. The number of hydrogen-bond donors (Lipinski definition) is 2. The molecule has 1 rings (SSSR count). The number of amides is 1. The highest BCUT2D eigenvalue weighted by atomic mass is 32.1. The molecule has 1 aromatic rings. The van der Waals surface area contributed by atoms with Crippen LogP contribution in [0.3, 0.4) is 0 Å². The van der Waals surface area contributed by atoms with Gasteiger partial charge in [0.25, 0.3) is 0 Å². The number of aryl methyl sites for hydroxylation is 1. The highest BCUT2D eigenvalue weighted by Gasteiger charge is 2.19. The zero-order valence-electron chi connectivity index (χ0n) is 10.1. The van der Waals surface area contributed by atoms with E-state index < -0.39 is 5.97 Å². The Morgan fingerprint density at radius 2 is 2.18 bits per heavy atom. The summed E-state index contributed by atoms with van der Waals surface area (Å²) in [6, 6.07) is 0. The number of anilines is 1. The van der Waals surface area contributed by atoms with Gasteiger partial charge in [0.15, 0.2) is 0 Å². The number of carbonyl (C=O) groups is 2. The summed E-state index contributed by atoms with van der Waals surface area (Å²) in [6.45, 7) is 5.61. The first kappa shape index (κ1) is 13.6. The molecule has 1 aromatic heterocycles. The third-order valence-corrected chi connectivity index (χ3v) is 3.41. The highest BCUT2D eigenvalue weighted by Crippen LogP contribution is 2.24. The van der Waals surface area contributed by atoms with E-state index >= 15 is 0 Å². The van der Waals surface area contributed by atoms with Crippen LogP contribution in [0.4, 0.5) is 5.00 Å². The number of carboxylic acid groups (broad SMARTS) is 1. The van der Waals surface area contributed by atoms with E-state index in [1.807, 2.05) is 13.8 Å². The van der Waals surface area contributed by atoms with E-state index in [2.05, 4.69) is 9.69 Å². The van der Waals surface area contributed by atoms with Crippen molar-refractivity contribution in [3.8, 4) is 0 Å². The minimum atomic E-state index is -1.06. The van der Waals surface area contributed by atoms with E-state index in [1.165, 1.54) is 0 Å². The van der Waals surface area contributed by atoms with E-state index in [-0.39, 0.29) is 17.4 Å². The minimum Gasteiger partial charge on any atom is -0.478 e. The number of hydrogen-bond acceptors (Lipinski definition) is 4. The average molecular weight is 256 g/mol. The Morgan fingerprint density at radius 1 is 1.53 bits per heavy atom. The van der Waals surface area contributed by atoms with Gasteiger partial charge in [0.2, 0.25) is 5.91 Å². The molecule has 0 radical (unpaired) electrons. The maximum Gasteiger partial charge on any atom is 0.340 e. The number of nitrogens with zero attached hydrogens (tertiary/aromatic N) is 1. The van der Waals surface area contributed by atoms with Crippen LogP contribution in [-0.4, -0.2) is 21.4 Å². The third kappa shape index (κ3) is 3.52. The summed E-state index contributed by atoms with van der Waals surface area (Å²) in [6.07, 6.45) is 1.31. The maximum atomic E-state index is 11.6. The van der Waals surface area contributed by atoms with E-state index in [1.54, 1.807) is 6.92 Å². The Morgan fingerprint density at radius 3 is 2.71 bits per heavy atom. The van der Waals surface area contributed by atoms with Crippen molar-refractivity contribution in [2.24, 2.45) is 5.92 Å². The highest BCUT2D eigenvalue weighted by molar-refractivity contribution is 7.11. The molecule has 2 N–H and O–H groups in total. The summed E-state index contributed by atoms with van der Waals surface area (Å²) in [5.74, 6) is -0.933. The van der Waals surface area contributed by atoms with Crippen molar-refractivity contribution >= 4 is 28.4 Å². The standard InChI is InChI=1S/C11H16N2O3S/c1-4-6(2)5-8(14)12-10-9(11(15)16)7(3)13-17-10/h6H,4-5H2,1-3H3,(H,12,14)(H,15,16). The summed E-state index contributed by atoms with van der Waals surface area (Å²) in [7, 11) is 0. The predicted octanol–water partition coefficient (Wildman–Crippen LogP) is 2.52. The number of aromatic nitrogens is 1. The third-order valence-electron chi connectivity index (χ3n) is 2.56. The van der Waals surface area contributed by atoms with Gasteiger partial charge in [-0.3, -0.25) is 4.79 Å². The zero-order valence-corrected chi connectivity index (χ0v) is 10.9. The molecule has 6 heteroatoms. The zero-order chi connectivity index (χ0) is 13.0. The lowest BCUT2D eigenvalue weighted by atomic mass is 10.1. The molecule has 0 aromatic carbocycles. The number of carbonyl (C=O) groups excluding carboxylic acids is 1. The van der Waals surface area contributed by atoms with Crippen molar-refractivity contribution in [2.75, 3.05) is 5.32 Å². The Balaban J connectivity index is 2.75. The molecule has 0 fully saturated rings. The molecule has 5 nitrogen and oxygen atoms in total. The fourth-order valence-corrected chi connectivity index (χ4v) is 2.15. The molecule has 0 aliphatic heterocycles. The van der Waals surface area contributed by atoms with Gasteiger partial charge in [-0.1, -0.05) is 20.3 Å². The first-order valence-electron chi connectivity index (χ1n) is 5.45. The lowest BCUT2D eigenvalue weighted by Gasteiger charge is -2.08. The molecule has 0 saturated carbocycles. The molecular formula is C11H16N2O3S. The summed E-state index contributed by atoms with van der Waals surface area (Å²) >= 11 is 1.00. The second-order valence-electron chi connectivity index (χ2n) is 4.04. The Bertz CT molecular complexity index is 428. The summed E-state index contributed by atoms with van der Waals surface area (Å²) < 4.78 is 3.94. The topological polar surface area (TPSA) is 79.3 Å². The smallest absolute Gasteiger partial charge is 0.340 e. The minimum absolute atomic E-state index is 0.0903. The first-order valence-corrected chi connectivity index (χ1v) is 6.22. The van der Waals surface area contributed by atoms with Crippen LogP contribution in [0, 0.1) is 12.8 Å². The lowest BCUT2D eigenvalue weighted by molar-refractivity contribution is -0.116. The van der Waals surface area contributed by atoms with Crippen molar-refractivity contribution in [1.29, 1.82) is 0 Å². The van der Waals surface area contributed by atoms with Crippen molar-refractivity contribution in [3.63, 3.8) is 0 Å². The number of aromatic carboxylic acids is 1. The van der Waals surface area contributed by atoms with Gasteiger partial charge < -0.3 is 10.4 Å². The second-order valence-corrected chi connectivity index (χ2v) is 4.82. The molecule has 17 heavy (non-hydrogen) atoms. The molecular weight excluding hydrogens is 240 g/mol. The largest absolute Gasteiger partial charge is 0.478 e. The molecule has 0 saturated heterocycles. The molecule has 1 unspecified atom stereocenters. The van der Waals surface area contributed by atoms with Crippen LogP contribution in [0.1, 0.15) is 42.7 Å². The monoisotopic (exact) mass is 256 g/mol. The summed E-state index contributed by atoms with van der Waals surface area (Å²) in [5, 5.41) is 11.9. The van der Waals surface area contributed by atoms with Gasteiger partial charge in [0.05, 0.1) is 5.69 Å². The van der Waals surface area contributed by atoms with Gasteiger partial charge in [-0.05, 0) is 24.4 Å². The van der Waals surface area contributed by atoms with E-state index in [0.717, 1.165) is 18.0 Å². The number of nitrogens with one attached hydrogen (secondary N) is 1. The second kappa shape index (κ2) is 5.77. The van der Waals surface area contributed by atoms with Crippen LogP contribution in [0.25, 0.3) is 0 Å². The van der Waals surface area contributed by atoms with Gasteiger partial charge in [-0.25, -0.2) is 4.79 Å². The van der Waals surface area contributed by atoms with Gasteiger partial charge in [-0.2, -0.15) is 4.37 Å². The van der Waals surface area contributed by atoms with Crippen molar-refractivity contribution in [2.45, 2.75) is 33.6 Å². The Labute approximate surface area is 104 Å². The van der Waals surface area contributed by atoms with Crippen LogP contribution < -0.4 is 5.32 Å². The van der Waals surface area contributed by atoms with Crippen LogP contribution in [-0.2, 0) is 4.79 Å². The molecule has 0 aliphatic rings. The fourth-order valence-electron chi connectivity index (χ4n) is 1.35. The quantitative estimate of drug-likeness (QED) is 0.848. The lowest BCUT2D eigenvalue weighted by Crippen LogP contribution is -2.16. The SMILES string of the molecule is CCC(C)CC(=O)Nc1snc(C)c1C(=O)O. The van der Waals surface area contributed by atoms with Gasteiger partial charge in [0.1, 0.15) is 10.6 Å². The maximum absolute atomic E-state index is 11.6. The van der Waals surface area contributed by atoms with Crippen LogP contribution in [0.2, 0.25) is 0 Å². The summed E-state index contributed by atoms with van der Waals surface area (Å²) in [4.78, 5) is 22.6. The molecule has 1 atom stereocenters. The normalized spacial score (nSPS) is 12.2. The molecule has 1 amide bonds. The first-order chi connectivity index (χ1) is 7.95. The number of rotatable bonds is 5. The number of carboxylic acids is 1. The van der Waals surface area contributed by atoms with Gasteiger partial charge in [0, 0.05) is 6.42 Å². The van der Waals surface area contributed by atoms with Gasteiger partial charge >= 0.3 is 5.97 Å². The van der Waals surface area contributed by atoms with Gasteiger partial charge in [-0.15, -0.1) is 0 Å². The van der Waals surface area contributed by atoms with Crippen LogP contribution in [0.5, 0.6) is 0 Å². The predicted molar refractivity (Wildman–Crippen MR) is 66.5 cm³/mol. The molecule has 0 spiro atoms. The van der Waals surface area contributed by atoms with Crippen LogP contribution >= 0.6 is 11.5 Å². The molecule has 0 bridgehead atoms. The van der Waals surface area contributed by atoms with Crippen molar-refractivity contribution in [3.05, 3.63) is 11.3 Å². The average Bonchev–Trinajstić information content (AvgIpc) is 2.59. The van der Waals surface area contributed by atoms with Crippen molar-refractivity contribution in [1.82, 2.24) is 4.37 Å². The Kier molecular flexibility index (Phi) is 4.62. The van der Waals surface area contributed by atoms with E-state index in [0.29, 0.717) is 17.1 Å². The fraction of sp³-hybridized carbons (Fsp3) is 0.545. The summed E-state index contributed by atoms with van der Waals surface area (Å²) in [5.41, 5.74) is 0.522. The van der Waals surface area contributed by atoms with Crippen LogP contribution in [0.15, 0.2) is 0 Å². The van der Waals surface area contributed by atoms with E-state index in [9.17, 15) is 9.59 Å².